The van der Waals surface area contributed by atoms with Crippen LogP contribution in [-0.2, 0) is 12.4 Å². The van der Waals surface area contributed by atoms with Gasteiger partial charge in [0.2, 0.25) is 5.28 Å². The lowest BCUT2D eigenvalue weighted by Gasteiger charge is -2.13. The van der Waals surface area contributed by atoms with Gasteiger partial charge in [-0.05, 0) is 23.7 Å². The molecule has 0 saturated heterocycles. The molecular weight excluding hydrogens is 607 g/mol. The van der Waals surface area contributed by atoms with E-state index in [2.05, 4.69) is 9.97 Å². The molecule has 0 aliphatic heterocycles. The largest absolute Gasteiger partial charge is 0.453 e. The molecule has 4 aromatic rings. The fourth-order valence-electron chi connectivity index (χ4n) is 3.27. The first-order valence-corrected chi connectivity index (χ1v) is 10.1. The van der Waals surface area contributed by atoms with Crippen LogP contribution in [0, 0.1) is 20.2 Å². The van der Waals surface area contributed by atoms with Crippen LogP contribution in [0.5, 0.6) is 0 Å². The predicted molar refractivity (Wildman–Crippen MR) is 112 cm³/mol. The van der Waals surface area contributed by atoms with Crippen LogP contribution in [0.1, 0.15) is 23.4 Å². The molecule has 22 heteroatoms. The van der Waals surface area contributed by atoms with E-state index in [1.54, 1.807) is 0 Å². The third-order valence-electron chi connectivity index (χ3n) is 4.73. The van der Waals surface area contributed by atoms with Gasteiger partial charge in [-0.3, -0.25) is 20.2 Å². The highest BCUT2D eigenvalue weighted by atomic mass is 35.5. The standard InChI is InChI=1S/C9H3ClF5N3O3.C8H3ClF3N3O3/c10-8-16-5-3(17(8)19)1-2(9(13,14)15)4(7(11)12)6(5)18(20)21;9-3-1-4-6(5(2-3)15(17)18)14(16)7(13-4)8(10,11)12/h1,7,19H;1-2,16H. The molecule has 2 aromatic heterocycles. The van der Waals surface area contributed by atoms with Crippen molar-refractivity contribution in [2.45, 2.75) is 18.8 Å². The predicted octanol–water partition coefficient (Wildman–Crippen LogP) is 6.65. The van der Waals surface area contributed by atoms with Gasteiger partial charge in [0.05, 0.1) is 15.4 Å². The summed E-state index contributed by atoms with van der Waals surface area (Å²) in [5.74, 6) is -1.65. The number of nitrogens with zero attached hydrogens (tertiary/aromatic N) is 6. The Kier molecular flexibility index (Phi) is 7.40. The Labute approximate surface area is 216 Å². The third-order valence-corrected chi connectivity index (χ3v) is 5.19. The van der Waals surface area contributed by atoms with Gasteiger partial charge in [0.1, 0.15) is 16.6 Å². The Hall–Kier alpha value is -4.20. The average Bonchev–Trinajstić information content (AvgIpc) is 3.27. The van der Waals surface area contributed by atoms with Gasteiger partial charge in [0.25, 0.3) is 17.9 Å². The summed E-state index contributed by atoms with van der Waals surface area (Å²) in [6.45, 7) is 0. The molecule has 4 rings (SSSR count). The summed E-state index contributed by atoms with van der Waals surface area (Å²) in [6.07, 6.45) is -14.0. The minimum absolute atomic E-state index is 0.0611. The Morgan fingerprint density at radius 2 is 1.49 bits per heavy atom. The summed E-state index contributed by atoms with van der Waals surface area (Å²) >= 11 is 10.9. The summed E-state index contributed by atoms with van der Waals surface area (Å²) in [5.41, 5.74) is -8.81. The van der Waals surface area contributed by atoms with Crippen LogP contribution in [0.4, 0.5) is 46.5 Å². The fraction of sp³-hybridized carbons (Fsp3) is 0.176. The number of halogens is 10. The van der Waals surface area contributed by atoms with Crippen LogP contribution in [0.25, 0.3) is 22.1 Å². The van der Waals surface area contributed by atoms with E-state index in [1.807, 2.05) is 0 Å². The van der Waals surface area contributed by atoms with Crippen molar-refractivity contribution < 1.29 is 55.4 Å². The number of benzene rings is 2. The lowest BCUT2D eigenvalue weighted by molar-refractivity contribution is -0.384. The van der Waals surface area contributed by atoms with Gasteiger partial charge in [0.15, 0.2) is 11.0 Å². The first-order valence-electron chi connectivity index (χ1n) is 9.34. The molecule has 0 bridgehead atoms. The topological polar surface area (TPSA) is 162 Å². The van der Waals surface area contributed by atoms with Crippen molar-refractivity contribution >= 4 is 56.6 Å². The highest BCUT2D eigenvalue weighted by Gasteiger charge is 2.43. The monoisotopic (exact) mass is 612 g/mol. The number of aromatic nitrogens is 4. The summed E-state index contributed by atoms with van der Waals surface area (Å²) in [6, 6.07) is 1.95. The Morgan fingerprint density at radius 1 is 0.897 bits per heavy atom. The molecule has 210 valence electrons. The SMILES string of the molecule is O=[N+]([O-])c1c(C(F)F)c(C(F)(F)F)cc2c1nc(Cl)n2O.O=[N+]([O-])c1cc(Cl)cc2nc(C(F)(F)F)n(O)c12. The molecule has 39 heavy (non-hydrogen) atoms. The third kappa shape index (κ3) is 5.37. The zero-order valence-electron chi connectivity index (χ0n) is 17.8. The molecule has 0 saturated carbocycles. The number of imidazole rings is 2. The Balaban J connectivity index is 0.000000218. The lowest BCUT2D eigenvalue weighted by Crippen LogP contribution is -2.13. The van der Waals surface area contributed by atoms with Crippen LogP contribution in [0.3, 0.4) is 0 Å². The summed E-state index contributed by atoms with van der Waals surface area (Å²) in [7, 11) is 0. The van der Waals surface area contributed by atoms with E-state index in [-0.39, 0.29) is 20.5 Å². The van der Waals surface area contributed by atoms with Gasteiger partial charge >= 0.3 is 18.0 Å². The molecule has 0 radical (unpaired) electrons. The maximum atomic E-state index is 12.9. The van der Waals surface area contributed by atoms with E-state index in [9.17, 15) is 65.8 Å². The van der Waals surface area contributed by atoms with Crippen molar-refractivity contribution in [1.82, 2.24) is 19.4 Å². The highest BCUT2D eigenvalue weighted by molar-refractivity contribution is 6.31. The number of alkyl halides is 8. The van der Waals surface area contributed by atoms with Crippen LogP contribution in [0.15, 0.2) is 18.2 Å². The van der Waals surface area contributed by atoms with E-state index in [0.29, 0.717) is 0 Å². The van der Waals surface area contributed by atoms with Crippen molar-refractivity contribution in [2.75, 3.05) is 0 Å². The molecule has 2 aromatic carbocycles. The van der Waals surface area contributed by atoms with Gasteiger partial charge in [-0.2, -0.15) is 35.8 Å². The second-order valence-corrected chi connectivity index (χ2v) is 7.87. The summed E-state index contributed by atoms with van der Waals surface area (Å²) < 4.78 is 101. The van der Waals surface area contributed by atoms with Crippen molar-refractivity contribution in [1.29, 1.82) is 0 Å². The van der Waals surface area contributed by atoms with Crippen LogP contribution >= 0.6 is 23.2 Å². The number of nitro benzene ring substituents is 2. The second-order valence-electron chi connectivity index (χ2n) is 7.10. The number of non-ortho nitro benzene ring substituents is 1. The summed E-state index contributed by atoms with van der Waals surface area (Å²) in [5, 5.41) is 39.3. The number of nitro groups is 2. The molecule has 0 aliphatic carbocycles. The van der Waals surface area contributed by atoms with Crippen molar-refractivity contribution in [3.8, 4) is 0 Å². The van der Waals surface area contributed by atoms with Crippen molar-refractivity contribution in [2.24, 2.45) is 0 Å². The molecule has 0 unspecified atom stereocenters. The normalized spacial score (nSPS) is 12.2. The highest BCUT2D eigenvalue weighted by Crippen LogP contribution is 2.45. The van der Waals surface area contributed by atoms with Gasteiger partial charge in [-0.15, -0.1) is 0 Å². The number of hydrogen-bond acceptors (Lipinski definition) is 8. The van der Waals surface area contributed by atoms with Crippen molar-refractivity contribution in [3.05, 3.63) is 65.7 Å². The van der Waals surface area contributed by atoms with Gasteiger partial charge in [-0.25, -0.2) is 18.7 Å². The van der Waals surface area contributed by atoms with E-state index in [1.165, 1.54) is 0 Å². The first-order chi connectivity index (χ1) is 17.8. The zero-order valence-corrected chi connectivity index (χ0v) is 19.3. The Morgan fingerprint density at radius 3 is 1.95 bits per heavy atom. The number of rotatable bonds is 3. The molecular formula is C17H6Cl2F8N6O6. The number of fused-ring (bicyclic) bond motifs is 2. The smallest absolute Gasteiger partial charge is 0.426 e. The van der Waals surface area contributed by atoms with Gasteiger partial charge in [0, 0.05) is 11.1 Å². The van der Waals surface area contributed by atoms with Gasteiger partial charge in [-0.1, -0.05) is 11.6 Å². The lowest BCUT2D eigenvalue weighted by atomic mass is 10.0. The van der Waals surface area contributed by atoms with E-state index < -0.39 is 84.3 Å². The maximum absolute atomic E-state index is 12.9. The second kappa shape index (κ2) is 9.84. The van der Waals surface area contributed by atoms with E-state index in [4.69, 9.17) is 23.2 Å². The maximum Gasteiger partial charge on any atom is 0.453 e. The average molecular weight is 613 g/mol. The quantitative estimate of drug-likeness (QED) is 0.112. The van der Waals surface area contributed by atoms with Crippen molar-refractivity contribution in [3.63, 3.8) is 0 Å². The first kappa shape index (κ1) is 29.4. The van der Waals surface area contributed by atoms with E-state index in [0.717, 1.165) is 12.1 Å². The Bertz CT molecular complexity index is 1630. The summed E-state index contributed by atoms with van der Waals surface area (Å²) in [4.78, 5) is 25.5. The molecule has 2 heterocycles. The van der Waals surface area contributed by atoms with Gasteiger partial charge < -0.3 is 10.4 Å². The number of hydrogen-bond donors (Lipinski definition) is 2. The fourth-order valence-corrected chi connectivity index (χ4v) is 3.66. The zero-order chi connectivity index (χ0) is 29.8. The molecule has 0 aliphatic rings. The molecule has 12 nitrogen and oxygen atoms in total. The molecule has 0 fully saturated rings. The van der Waals surface area contributed by atoms with Crippen LogP contribution in [-0.4, -0.2) is 39.7 Å². The van der Waals surface area contributed by atoms with Crippen LogP contribution < -0.4 is 0 Å². The minimum Gasteiger partial charge on any atom is -0.426 e. The molecule has 0 atom stereocenters. The molecule has 0 amide bonds. The molecule has 0 spiro atoms. The minimum atomic E-state index is -5.29. The van der Waals surface area contributed by atoms with E-state index >= 15 is 0 Å². The van der Waals surface area contributed by atoms with Crippen LogP contribution in [0.2, 0.25) is 10.3 Å². The molecule has 2 N–H and O–H groups in total.